The summed E-state index contributed by atoms with van der Waals surface area (Å²) in [5.41, 5.74) is 1.25. The fourth-order valence-electron chi connectivity index (χ4n) is 3.11. The van der Waals surface area contributed by atoms with Gasteiger partial charge in [0.25, 0.3) is 0 Å². The number of amides is 1. The predicted molar refractivity (Wildman–Crippen MR) is 111 cm³/mol. The molecule has 0 bridgehead atoms. The topological polar surface area (TPSA) is 57.8 Å². The highest BCUT2D eigenvalue weighted by atomic mass is 19.4. The Morgan fingerprint density at radius 3 is 2.65 bits per heavy atom. The maximum absolute atomic E-state index is 14.1. The Morgan fingerprint density at radius 2 is 1.84 bits per heavy atom. The van der Waals surface area contributed by atoms with Crippen LogP contribution in [-0.4, -0.2) is 15.9 Å². The van der Waals surface area contributed by atoms with E-state index in [4.69, 9.17) is 0 Å². The first-order chi connectivity index (χ1) is 14.8. The number of anilines is 1. The fraction of sp³-hybridized carbons (Fsp3) is 0.0435. The molecule has 4 nitrogen and oxygen atoms in total. The Labute approximate surface area is 174 Å². The van der Waals surface area contributed by atoms with Gasteiger partial charge in [0.15, 0.2) is 5.82 Å². The summed E-state index contributed by atoms with van der Waals surface area (Å²) < 4.78 is 52.5. The van der Waals surface area contributed by atoms with Crippen LogP contribution < -0.4 is 5.32 Å². The number of nitrogens with zero attached hydrogens (tertiary/aromatic N) is 1. The van der Waals surface area contributed by atoms with Gasteiger partial charge in [-0.25, -0.2) is 9.37 Å². The van der Waals surface area contributed by atoms with Crippen LogP contribution in [0.2, 0.25) is 0 Å². The molecule has 31 heavy (non-hydrogen) atoms. The van der Waals surface area contributed by atoms with Crippen molar-refractivity contribution >= 4 is 28.7 Å². The summed E-state index contributed by atoms with van der Waals surface area (Å²) in [5, 5.41) is 3.10. The van der Waals surface area contributed by atoms with Gasteiger partial charge in [-0.1, -0.05) is 24.3 Å². The predicted octanol–water partition coefficient (Wildman–Crippen LogP) is 6.04. The molecule has 0 unspecified atom stereocenters. The Kier molecular flexibility index (Phi) is 5.29. The molecule has 0 aliphatic heterocycles. The number of carbonyl (C=O) groups is 1. The zero-order chi connectivity index (χ0) is 22.0. The molecule has 0 saturated carbocycles. The number of aromatic amines is 1. The lowest BCUT2D eigenvalue weighted by molar-refractivity contribution is -0.140. The molecule has 0 spiro atoms. The number of rotatable bonds is 4. The molecule has 2 N–H and O–H groups in total. The van der Waals surface area contributed by atoms with Crippen molar-refractivity contribution in [2.24, 2.45) is 0 Å². The quantitative estimate of drug-likeness (QED) is 0.309. The van der Waals surface area contributed by atoms with E-state index in [2.05, 4.69) is 15.3 Å². The van der Waals surface area contributed by atoms with E-state index in [0.717, 1.165) is 40.4 Å². The average molecular weight is 425 g/mol. The van der Waals surface area contributed by atoms with Gasteiger partial charge in [-0.2, -0.15) is 13.2 Å². The normalized spacial score (nSPS) is 11.9. The summed E-state index contributed by atoms with van der Waals surface area (Å²) in [5.74, 6) is -2.27. The number of pyridine rings is 1. The standard InChI is InChI=1S/C23H15F4N3O/c24-21-18(23(25,26)27)5-2-6-19(21)30-20(31)8-7-14-3-1-4-15(11-14)17-12-16-9-10-28-22(16)29-13-17/h1-13H,(H,28,29)(H,30,31). The van der Waals surface area contributed by atoms with Crippen LogP contribution in [0, 0.1) is 5.82 Å². The van der Waals surface area contributed by atoms with Crippen molar-refractivity contribution in [3.8, 4) is 11.1 Å². The van der Waals surface area contributed by atoms with E-state index in [1.165, 1.54) is 6.08 Å². The Hall–Kier alpha value is -3.94. The van der Waals surface area contributed by atoms with Gasteiger partial charge in [-0.3, -0.25) is 4.79 Å². The third-order valence-electron chi connectivity index (χ3n) is 4.61. The number of hydrogen-bond donors (Lipinski definition) is 2. The SMILES string of the molecule is O=C(C=Cc1cccc(-c2cnc3[nH]ccc3c2)c1)Nc1cccc(C(F)(F)F)c1F. The lowest BCUT2D eigenvalue weighted by atomic mass is 10.0. The Bertz CT molecular complexity index is 1290. The van der Waals surface area contributed by atoms with Crippen LogP contribution in [0.3, 0.4) is 0 Å². The van der Waals surface area contributed by atoms with Crippen molar-refractivity contribution in [2.75, 3.05) is 5.32 Å². The van der Waals surface area contributed by atoms with Gasteiger partial charge >= 0.3 is 6.18 Å². The average Bonchev–Trinajstić information content (AvgIpc) is 3.21. The number of hydrogen-bond acceptors (Lipinski definition) is 2. The van der Waals surface area contributed by atoms with Gasteiger partial charge in [0.1, 0.15) is 5.65 Å². The van der Waals surface area contributed by atoms with Crippen LogP contribution in [0.15, 0.2) is 73.1 Å². The summed E-state index contributed by atoms with van der Waals surface area (Å²) in [4.78, 5) is 19.5. The van der Waals surface area contributed by atoms with E-state index in [-0.39, 0.29) is 0 Å². The lowest BCUT2D eigenvalue weighted by Crippen LogP contribution is -2.13. The van der Waals surface area contributed by atoms with E-state index < -0.39 is 29.2 Å². The molecule has 0 atom stereocenters. The molecule has 8 heteroatoms. The second-order valence-electron chi connectivity index (χ2n) is 6.75. The molecule has 1 amide bonds. The number of carbonyl (C=O) groups excluding carboxylic acids is 1. The largest absolute Gasteiger partial charge is 0.419 e. The van der Waals surface area contributed by atoms with Crippen molar-refractivity contribution in [1.82, 2.24) is 9.97 Å². The van der Waals surface area contributed by atoms with Gasteiger partial charge < -0.3 is 10.3 Å². The second-order valence-corrected chi connectivity index (χ2v) is 6.75. The zero-order valence-corrected chi connectivity index (χ0v) is 15.9. The highest BCUT2D eigenvalue weighted by Crippen LogP contribution is 2.33. The number of H-pyrrole nitrogens is 1. The first-order valence-corrected chi connectivity index (χ1v) is 9.19. The fourth-order valence-corrected chi connectivity index (χ4v) is 3.11. The maximum Gasteiger partial charge on any atom is 0.419 e. The molecule has 0 fully saturated rings. The highest BCUT2D eigenvalue weighted by Gasteiger charge is 2.35. The highest BCUT2D eigenvalue weighted by molar-refractivity contribution is 6.02. The molecular formula is C23H15F4N3O. The maximum atomic E-state index is 14.1. The summed E-state index contributed by atoms with van der Waals surface area (Å²) in [6, 6.07) is 13.9. The van der Waals surface area contributed by atoms with E-state index in [1.807, 2.05) is 24.3 Å². The first-order valence-electron chi connectivity index (χ1n) is 9.19. The van der Waals surface area contributed by atoms with E-state index in [0.29, 0.717) is 11.6 Å². The molecular weight excluding hydrogens is 410 g/mol. The molecule has 2 heterocycles. The monoisotopic (exact) mass is 425 g/mol. The minimum Gasteiger partial charge on any atom is -0.346 e. The van der Waals surface area contributed by atoms with Crippen LogP contribution in [0.5, 0.6) is 0 Å². The van der Waals surface area contributed by atoms with Crippen molar-refractivity contribution in [2.45, 2.75) is 6.18 Å². The molecule has 2 aromatic heterocycles. The van der Waals surface area contributed by atoms with Crippen molar-refractivity contribution in [3.05, 3.63) is 90.0 Å². The van der Waals surface area contributed by atoms with Crippen molar-refractivity contribution < 1.29 is 22.4 Å². The minimum atomic E-state index is -4.85. The Morgan fingerprint density at radius 1 is 1.03 bits per heavy atom. The molecule has 0 radical (unpaired) electrons. The summed E-state index contributed by atoms with van der Waals surface area (Å²) in [7, 11) is 0. The van der Waals surface area contributed by atoms with Gasteiger partial charge in [0, 0.05) is 29.4 Å². The number of alkyl halides is 3. The molecule has 0 aliphatic rings. The van der Waals surface area contributed by atoms with Crippen LogP contribution in [0.1, 0.15) is 11.1 Å². The van der Waals surface area contributed by atoms with Crippen molar-refractivity contribution in [1.29, 1.82) is 0 Å². The summed E-state index contributed by atoms with van der Waals surface area (Å²) >= 11 is 0. The van der Waals surface area contributed by atoms with Crippen LogP contribution in [0.25, 0.3) is 28.2 Å². The smallest absolute Gasteiger partial charge is 0.346 e. The number of fused-ring (bicyclic) bond motifs is 1. The number of halogens is 4. The molecule has 2 aromatic carbocycles. The molecule has 4 aromatic rings. The second kappa shape index (κ2) is 8.06. The van der Waals surface area contributed by atoms with Crippen LogP contribution in [0.4, 0.5) is 23.2 Å². The van der Waals surface area contributed by atoms with Crippen molar-refractivity contribution in [3.63, 3.8) is 0 Å². The van der Waals surface area contributed by atoms with Gasteiger partial charge in [-0.05, 0) is 47.5 Å². The van der Waals surface area contributed by atoms with E-state index in [1.54, 1.807) is 24.5 Å². The number of benzene rings is 2. The van der Waals surface area contributed by atoms with Gasteiger partial charge in [0.2, 0.25) is 5.91 Å². The molecule has 4 rings (SSSR count). The summed E-state index contributed by atoms with van der Waals surface area (Å²) in [6.07, 6.45) is 1.30. The number of nitrogens with one attached hydrogen (secondary N) is 2. The molecule has 0 aliphatic carbocycles. The van der Waals surface area contributed by atoms with Gasteiger partial charge in [0.05, 0.1) is 11.3 Å². The summed E-state index contributed by atoms with van der Waals surface area (Å²) in [6.45, 7) is 0. The Balaban J connectivity index is 1.51. The third-order valence-corrected chi connectivity index (χ3v) is 4.61. The van der Waals surface area contributed by atoms with Crippen LogP contribution >= 0.6 is 0 Å². The molecule has 156 valence electrons. The first kappa shape index (κ1) is 20.3. The lowest BCUT2D eigenvalue weighted by Gasteiger charge is -2.11. The van der Waals surface area contributed by atoms with Gasteiger partial charge in [-0.15, -0.1) is 0 Å². The minimum absolute atomic E-state index is 0.538. The van der Waals surface area contributed by atoms with E-state index in [9.17, 15) is 22.4 Å². The number of aromatic nitrogens is 2. The zero-order valence-electron chi connectivity index (χ0n) is 15.9. The van der Waals surface area contributed by atoms with Crippen LogP contribution in [-0.2, 0) is 11.0 Å². The van der Waals surface area contributed by atoms with E-state index >= 15 is 0 Å². The third kappa shape index (κ3) is 4.48. The molecule has 0 saturated heterocycles.